The fraction of sp³-hybridized carbons (Fsp3) is 0.500. The molecule has 0 aromatic carbocycles. The summed E-state index contributed by atoms with van der Waals surface area (Å²) in [4.78, 5) is 11.1. The lowest BCUT2D eigenvalue weighted by Gasteiger charge is -2.24. The number of esters is 1. The molecule has 0 amide bonds. The molecule has 25 heavy (non-hydrogen) atoms. The Morgan fingerprint density at radius 2 is 1.84 bits per heavy atom. The van der Waals surface area contributed by atoms with Gasteiger partial charge in [-0.1, -0.05) is 75.3 Å². The van der Waals surface area contributed by atoms with E-state index in [2.05, 4.69) is 52.0 Å². The van der Waals surface area contributed by atoms with Gasteiger partial charge in [-0.25, -0.2) is 4.79 Å². The molecule has 1 heterocycles. The van der Waals surface area contributed by atoms with E-state index in [-0.39, 0.29) is 0 Å². The van der Waals surface area contributed by atoms with Gasteiger partial charge in [0.1, 0.15) is 6.10 Å². The summed E-state index contributed by atoms with van der Waals surface area (Å²) >= 11 is 0. The first-order valence-electron chi connectivity index (χ1n) is 9.06. The van der Waals surface area contributed by atoms with E-state index in [0.717, 1.165) is 12.8 Å². The van der Waals surface area contributed by atoms with Crippen LogP contribution in [-0.4, -0.2) is 22.8 Å². The molecule has 4 atom stereocenters. The molecule has 1 rings (SSSR count). The van der Waals surface area contributed by atoms with E-state index in [1.165, 1.54) is 11.6 Å². The van der Waals surface area contributed by atoms with Crippen molar-refractivity contribution in [3.05, 3.63) is 60.3 Å². The van der Waals surface area contributed by atoms with Crippen molar-refractivity contribution >= 4 is 5.97 Å². The predicted molar refractivity (Wildman–Crippen MR) is 104 cm³/mol. The topological polar surface area (TPSA) is 46.5 Å². The van der Waals surface area contributed by atoms with Gasteiger partial charge in [-0.05, 0) is 38.2 Å². The smallest absolute Gasteiger partial charge is 0.331 e. The van der Waals surface area contributed by atoms with Crippen molar-refractivity contribution in [3.63, 3.8) is 0 Å². The van der Waals surface area contributed by atoms with Crippen LogP contribution in [0.5, 0.6) is 0 Å². The molecule has 0 radical (unpaired) electrons. The number of cyclic esters (lactones) is 1. The van der Waals surface area contributed by atoms with Gasteiger partial charge in [0.15, 0.2) is 5.60 Å². The van der Waals surface area contributed by atoms with Crippen LogP contribution in [-0.2, 0) is 9.53 Å². The lowest BCUT2D eigenvalue weighted by Crippen LogP contribution is -2.37. The summed E-state index contributed by atoms with van der Waals surface area (Å²) in [5.74, 6) is 0.618. The average Bonchev–Trinajstić information content (AvgIpc) is 2.91. The minimum Gasteiger partial charge on any atom is -0.449 e. The third-order valence-electron chi connectivity index (χ3n) is 4.41. The molecule has 0 spiro atoms. The average molecular weight is 344 g/mol. The fourth-order valence-corrected chi connectivity index (χ4v) is 2.48. The van der Waals surface area contributed by atoms with E-state index in [4.69, 9.17) is 4.74 Å². The van der Waals surface area contributed by atoms with Gasteiger partial charge in [0.2, 0.25) is 0 Å². The molecule has 0 unspecified atom stereocenters. The van der Waals surface area contributed by atoms with Crippen molar-refractivity contribution in [3.8, 4) is 0 Å². The number of hydrogen-bond donors (Lipinski definition) is 1. The van der Waals surface area contributed by atoms with E-state index in [1.807, 2.05) is 6.08 Å². The highest BCUT2D eigenvalue weighted by atomic mass is 16.6. The number of carbonyl (C=O) groups is 1. The second-order valence-electron chi connectivity index (χ2n) is 7.12. The van der Waals surface area contributed by atoms with E-state index < -0.39 is 17.7 Å². The van der Waals surface area contributed by atoms with Gasteiger partial charge in [-0.15, -0.1) is 0 Å². The van der Waals surface area contributed by atoms with Crippen LogP contribution in [0.2, 0.25) is 0 Å². The minimum absolute atomic E-state index is 0.412. The van der Waals surface area contributed by atoms with Gasteiger partial charge < -0.3 is 9.84 Å². The Balaban J connectivity index is 2.45. The highest BCUT2D eigenvalue weighted by Crippen LogP contribution is 2.24. The number of carbonyl (C=O) groups excluding carboxylic acids is 1. The monoisotopic (exact) mass is 344 g/mol. The summed E-state index contributed by atoms with van der Waals surface area (Å²) in [6, 6.07) is 0. The summed E-state index contributed by atoms with van der Waals surface area (Å²) in [5, 5.41) is 10.1. The van der Waals surface area contributed by atoms with Crippen LogP contribution < -0.4 is 0 Å². The van der Waals surface area contributed by atoms with E-state index >= 15 is 0 Å². The summed E-state index contributed by atoms with van der Waals surface area (Å²) in [7, 11) is 0. The zero-order chi connectivity index (χ0) is 18.9. The van der Waals surface area contributed by atoms with Crippen LogP contribution in [0.4, 0.5) is 0 Å². The Labute approximate surface area is 152 Å². The number of aliphatic hydroxyl groups excluding tert-OH is 1. The van der Waals surface area contributed by atoms with Crippen LogP contribution >= 0.6 is 0 Å². The Morgan fingerprint density at radius 3 is 2.44 bits per heavy atom. The number of aliphatic hydroxyl groups is 1. The fourth-order valence-electron chi connectivity index (χ4n) is 2.48. The van der Waals surface area contributed by atoms with Gasteiger partial charge in [0, 0.05) is 6.08 Å². The van der Waals surface area contributed by atoms with Gasteiger partial charge >= 0.3 is 5.97 Å². The van der Waals surface area contributed by atoms with Crippen LogP contribution in [0.3, 0.4) is 0 Å². The molecule has 0 aromatic heterocycles. The lowest BCUT2D eigenvalue weighted by atomic mass is 9.98. The van der Waals surface area contributed by atoms with Gasteiger partial charge in [-0.2, -0.15) is 0 Å². The van der Waals surface area contributed by atoms with Gasteiger partial charge in [-0.3, -0.25) is 0 Å². The van der Waals surface area contributed by atoms with Crippen LogP contribution in [0.25, 0.3) is 0 Å². The Morgan fingerprint density at radius 1 is 1.20 bits per heavy atom. The molecule has 0 aromatic rings. The highest BCUT2D eigenvalue weighted by Gasteiger charge is 2.36. The normalized spacial score (nSPS) is 25.2. The number of allylic oxidation sites excluding steroid dienone is 7. The maximum Gasteiger partial charge on any atom is 0.331 e. The summed E-state index contributed by atoms with van der Waals surface area (Å²) in [6.45, 7) is 10.4. The van der Waals surface area contributed by atoms with E-state index in [9.17, 15) is 9.90 Å². The minimum atomic E-state index is -0.964. The quantitative estimate of drug-likeness (QED) is 0.478. The third kappa shape index (κ3) is 7.70. The molecule has 138 valence electrons. The summed E-state index contributed by atoms with van der Waals surface area (Å²) < 4.78 is 5.11. The first kappa shape index (κ1) is 21.2. The van der Waals surface area contributed by atoms with Gasteiger partial charge in [0.25, 0.3) is 0 Å². The summed E-state index contributed by atoms with van der Waals surface area (Å²) in [6.07, 6.45) is 18.3. The Kier molecular flexibility index (Phi) is 8.64. The lowest BCUT2D eigenvalue weighted by molar-refractivity contribution is -0.150. The van der Waals surface area contributed by atoms with Crippen molar-refractivity contribution in [1.29, 1.82) is 0 Å². The van der Waals surface area contributed by atoms with Crippen molar-refractivity contribution < 1.29 is 14.6 Å². The molecule has 0 aliphatic carbocycles. The van der Waals surface area contributed by atoms with Crippen molar-refractivity contribution in [2.75, 3.05) is 0 Å². The molecule has 0 saturated carbocycles. The zero-order valence-electron chi connectivity index (χ0n) is 16.1. The molecule has 3 heteroatoms. The van der Waals surface area contributed by atoms with Gasteiger partial charge in [0.05, 0.1) is 0 Å². The second kappa shape index (κ2) is 10.2. The maximum absolute atomic E-state index is 11.1. The maximum atomic E-state index is 11.1. The third-order valence-corrected chi connectivity index (χ3v) is 4.41. The van der Waals surface area contributed by atoms with Crippen LogP contribution in [0.15, 0.2) is 60.3 Å². The first-order valence-corrected chi connectivity index (χ1v) is 9.06. The SMILES string of the molecule is CC[C@H](C)/C=C/C=C(\C)C[C@@H](C)/C=C/C=C[C@@H](O)[C@]1(C)C=CC(=O)O1. The van der Waals surface area contributed by atoms with Crippen molar-refractivity contribution in [1.82, 2.24) is 0 Å². The zero-order valence-corrected chi connectivity index (χ0v) is 16.1. The largest absolute Gasteiger partial charge is 0.449 e. The number of ether oxygens (including phenoxy) is 1. The van der Waals surface area contributed by atoms with E-state index in [1.54, 1.807) is 25.2 Å². The highest BCUT2D eigenvalue weighted by molar-refractivity contribution is 5.85. The first-order chi connectivity index (χ1) is 11.8. The number of hydrogen-bond acceptors (Lipinski definition) is 3. The van der Waals surface area contributed by atoms with Crippen LogP contribution in [0.1, 0.15) is 47.5 Å². The molecule has 3 nitrogen and oxygen atoms in total. The molecule has 0 saturated heterocycles. The molecule has 1 N–H and O–H groups in total. The molecule has 1 aliphatic heterocycles. The van der Waals surface area contributed by atoms with Crippen LogP contribution in [0, 0.1) is 11.8 Å². The standard InChI is InChI=1S/C22H32O3/c1-6-17(2)11-9-12-19(4)16-18(3)10-7-8-13-20(23)22(5)15-14-21(24)25-22/h7-15,17-18,20,23H,6,16H2,1-5H3/b10-7+,11-9+,13-8?,19-12+/t17-,18-,20+,22-/m0/s1. The molecular weight excluding hydrogens is 312 g/mol. The molecule has 1 aliphatic rings. The predicted octanol–water partition coefficient (Wildman–Crippen LogP) is 4.91. The summed E-state index contributed by atoms with van der Waals surface area (Å²) in [5.41, 5.74) is 0.380. The Hall–Kier alpha value is -1.87. The molecule has 0 bridgehead atoms. The second-order valence-corrected chi connectivity index (χ2v) is 7.12. The molecule has 0 fully saturated rings. The number of rotatable bonds is 9. The van der Waals surface area contributed by atoms with Crippen molar-refractivity contribution in [2.24, 2.45) is 11.8 Å². The van der Waals surface area contributed by atoms with Crippen molar-refractivity contribution in [2.45, 2.75) is 59.2 Å². The molecular formula is C22H32O3. The Bertz CT molecular complexity index is 580. The van der Waals surface area contributed by atoms with E-state index in [0.29, 0.717) is 11.8 Å².